The summed E-state index contributed by atoms with van der Waals surface area (Å²) in [5.41, 5.74) is 1.23. The van der Waals surface area contributed by atoms with Crippen molar-refractivity contribution in [3.8, 4) is 11.8 Å². The highest BCUT2D eigenvalue weighted by Crippen LogP contribution is 2.39. The first-order valence-electron chi connectivity index (χ1n) is 10.9. The second kappa shape index (κ2) is 9.18. The van der Waals surface area contributed by atoms with Crippen LogP contribution in [0.4, 0.5) is 4.79 Å². The normalized spacial score (nSPS) is 20.2. The molecule has 1 fully saturated rings. The van der Waals surface area contributed by atoms with Crippen LogP contribution in [0.3, 0.4) is 0 Å². The van der Waals surface area contributed by atoms with Gasteiger partial charge in [-0.2, -0.15) is 0 Å². The average Bonchev–Trinajstić information content (AvgIpc) is 2.59. The van der Waals surface area contributed by atoms with Gasteiger partial charge in [-0.3, -0.25) is 4.79 Å². The Kier molecular flexibility index (Phi) is 7.45. The number of likely N-dealkylation sites (tertiary alicyclic amines) is 1. The van der Waals surface area contributed by atoms with Gasteiger partial charge in [0.15, 0.2) is 8.32 Å². The van der Waals surface area contributed by atoms with E-state index in [0.29, 0.717) is 6.42 Å². The molecule has 31 heavy (non-hydrogen) atoms. The van der Waals surface area contributed by atoms with Gasteiger partial charge in [0.05, 0.1) is 6.10 Å². The van der Waals surface area contributed by atoms with Crippen LogP contribution in [-0.2, 0) is 14.0 Å². The molecule has 5 nitrogen and oxygen atoms in total. The number of nitrogens with zero attached hydrogens (tertiary/aromatic N) is 1. The molecular formula is C25H37NO4Si. The number of benzene rings is 1. The van der Waals surface area contributed by atoms with Crippen molar-refractivity contribution < 1.29 is 18.8 Å². The number of hydrogen-bond acceptors (Lipinski definition) is 4. The third-order valence-electron chi connectivity index (χ3n) is 5.77. The van der Waals surface area contributed by atoms with E-state index in [-0.39, 0.29) is 23.5 Å². The van der Waals surface area contributed by atoms with Gasteiger partial charge in [-0.1, -0.05) is 44.7 Å². The van der Waals surface area contributed by atoms with Gasteiger partial charge < -0.3 is 9.16 Å². The number of ether oxygens (including phenoxy) is 1. The first kappa shape index (κ1) is 25.2. The molecule has 1 aliphatic heterocycles. The van der Waals surface area contributed by atoms with E-state index < -0.39 is 26.1 Å². The molecule has 2 rings (SSSR count). The molecule has 1 aromatic rings. The lowest BCUT2D eigenvalue weighted by atomic mass is 9.98. The van der Waals surface area contributed by atoms with E-state index in [1.165, 1.54) is 4.90 Å². The molecule has 0 bridgehead atoms. The second-order valence-corrected chi connectivity index (χ2v) is 15.5. The maximum absolute atomic E-state index is 13.0. The maximum atomic E-state index is 13.0. The van der Waals surface area contributed by atoms with E-state index in [2.05, 4.69) is 45.7 Å². The highest BCUT2D eigenvalue weighted by molar-refractivity contribution is 6.74. The molecule has 6 heteroatoms. The van der Waals surface area contributed by atoms with Gasteiger partial charge in [0, 0.05) is 12.0 Å². The summed E-state index contributed by atoms with van der Waals surface area (Å²) in [7, 11) is -2.14. The lowest BCUT2D eigenvalue weighted by molar-refractivity contribution is -0.137. The van der Waals surface area contributed by atoms with E-state index in [1.54, 1.807) is 20.8 Å². The lowest BCUT2D eigenvalue weighted by Gasteiger charge is -2.44. The van der Waals surface area contributed by atoms with Crippen molar-refractivity contribution in [1.82, 2.24) is 4.90 Å². The van der Waals surface area contributed by atoms with E-state index in [4.69, 9.17) is 9.16 Å². The molecule has 170 valence electrons. The first-order chi connectivity index (χ1) is 14.1. The minimum Gasteiger partial charge on any atom is -0.443 e. The minimum absolute atomic E-state index is 0.000272. The molecule has 1 saturated heterocycles. The average molecular weight is 444 g/mol. The van der Waals surface area contributed by atoms with Crippen LogP contribution in [0.2, 0.25) is 18.1 Å². The van der Waals surface area contributed by atoms with Crippen molar-refractivity contribution in [2.45, 2.75) is 97.2 Å². The summed E-state index contributed by atoms with van der Waals surface area (Å²) >= 11 is 0. The predicted molar refractivity (Wildman–Crippen MR) is 126 cm³/mol. The molecule has 2 atom stereocenters. The molecular weight excluding hydrogens is 406 g/mol. The van der Waals surface area contributed by atoms with Crippen LogP contribution in [0.1, 0.15) is 65.5 Å². The Labute approximate surface area is 188 Å². The van der Waals surface area contributed by atoms with Gasteiger partial charge in [0.1, 0.15) is 11.6 Å². The summed E-state index contributed by atoms with van der Waals surface area (Å²) in [5, 5.41) is -0.000272. The van der Waals surface area contributed by atoms with Crippen molar-refractivity contribution in [2.75, 3.05) is 0 Å². The van der Waals surface area contributed by atoms with Crippen LogP contribution in [0, 0.1) is 18.8 Å². The molecule has 1 aromatic carbocycles. The Hall–Kier alpha value is -2.10. The third-order valence-corrected chi connectivity index (χ3v) is 10.3. The van der Waals surface area contributed by atoms with Crippen molar-refractivity contribution in [1.29, 1.82) is 0 Å². The van der Waals surface area contributed by atoms with Crippen LogP contribution in [0.5, 0.6) is 0 Å². The second-order valence-electron chi connectivity index (χ2n) is 10.8. The monoisotopic (exact) mass is 443 g/mol. The van der Waals surface area contributed by atoms with Crippen molar-refractivity contribution >= 4 is 20.3 Å². The first-order valence-corrected chi connectivity index (χ1v) is 13.8. The highest BCUT2D eigenvalue weighted by atomic mass is 28.4. The van der Waals surface area contributed by atoms with Gasteiger partial charge in [0.25, 0.3) is 0 Å². The minimum atomic E-state index is -2.14. The summed E-state index contributed by atoms with van der Waals surface area (Å²) in [6.45, 7) is 18.2. The molecule has 1 aliphatic rings. The molecule has 0 N–H and O–H groups in total. The molecule has 0 aliphatic carbocycles. The number of amides is 2. The fraction of sp³-hybridized carbons (Fsp3) is 0.600. The molecule has 0 unspecified atom stereocenters. The number of piperidine rings is 1. The fourth-order valence-corrected chi connectivity index (χ4v) is 4.47. The largest absolute Gasteiger partial charge is 0.443 e. The predicted octanol–water partition coefficient (Wildman–Crippen LogP) is 5.66. The van der Waals surface area contributed by atoms with Gasteiger partial charge in [0.2, 0.25) is 5.91 Å². The summed E-state index contributed by atoms with van der Waals surface area (Å²) in [6.07, 6.45) is -0.230. The number of carbonyl (C=O) groups excluding carboxylic acids is 2. The Balaban J connectivity index is 2.46. The van der Waals surface area contributed by atoms with Crippen molar-refractivity contribution in [2.24, 2.45) is 0 Å². The SMILES string of the molecule is Cc1cccc(C#C[C@@H]2[C@@H](O[Si](C)(C)C(C)(C)C)CCC(=O)N2C(=O)OC(C)(C)C)c1. The van der Waals surface area contributed by atoms with E-state index in [9.17, 15) is 9.59 Å². The Morgan fingerprint density at radius 2 is 1.81 bits per heavy atom. The molecule has 2 amide bonds. The van der Waals surface area contributed by atoms with Gasteiger partial charge in [-0.15, -0.1) is 0 Å². The fourth-order valence-electron chi connectivity index (χ4n) is 3.11. The van der Waals surface area contributed by atoms with E-state index in [0.717, 1.165) is 11.1 Å². The molecule has 0 spiro atoms. The summed E-state index contributed by atoms with van der Waals surface area (Å²) in [6, 6.07) is 7.17. The smallest absolute Gasteiger partial charge is 0.418 e. The van der Waals surface area contributed by atoms with Crippen LogP contribution in [0.25, 0.3) is 0 Å². The number of carbonyl (C=O) groups is 2. The van der Waals surface area contributed by atoms with E-state index in [1.807, 2.05) is 31.2 Å². The van der Waals surface area contributed by atoms with Crippen LogP contribution >= 0.6 is 0 Å². The van der Waals surface area contributed by atoms with Crippen molar-refractivity contribution in [3.63, 3.8) is 0 Å². The van der Waals surface area contributed by atoms with Crippen LogP contribution < -0.4 is 0 Å². The zero-order valence-corrected chi connectivity index (χ0v) is 21.5. The summed E-state index contributed by atoms with van der Waals surface area (Å²) in [4.78, 5) is 27.0. The molecule has 0 saturated carbocycles. The summed E-state index contributed by atoms with van der Waals surface area (Å²) in [5.74, 6) is 6.08. The Bertz CT molecular complexity index is 883. The van der Waals surface area contributed by atoms with Crippen LogP contribution in [0.15, 0.2) is 24.3 Å². The number of rotatable bonds is 2. The number of imide groups is 1. The Morgan fingerprint density at radius 3 is 2.35 bits per heavy atom. The highest BCUT2D eigenvalue weighted by Gasteiger charge is 2.46. The topological polar surface area (TPSA) is 55.8 Å². The summed E-state index contributed by atoms with van der Waals surface area (Å²) < 4.78 is 12.2. The van der Waals surface area contributed by atoms with Gasteiger partial charge in [-0.05, 0) is 69.9 Å². The zero-order valence-electron chi connectivity index (χ0n) is 20.5. The standard InChI is InChI=1S/C25H37NO4Si/c1-18-11-10-12-19(17-18)13-14-20-21(30-31(8,9)25(5,6)7)15-16-22(27)26(20)23(28)29-24(2,3)4/h10-12,17,20-21H,15-16H2,1-9H3/t20-,21+/m1/s1. The number of aryl methyl sites for hydroxylation is 1. The lowest BCUT2D eigenvalue weighted by Crippen LogP contribution is -2.58. The number of hydrogen-bond donors (Lipinski definition) is 0. The van der Waals surface area contributed by atoms with Crippen LogP contribution in [-0.4, -0.2) is 43.0 Å². The molecule has 1 heterocycles. The quantitative estimate of drug-likeness (QED) is 0.437. The van der Waals surface area contributed by atoms with Gasteiger partial charge in [-0.25, -0.2) is 9.69 Å². The van der Waals surface area contributed by atoms with Gasteiger partial charge >= 0.3 is 6.09 Å². The zero-order chi connectivity index (χ0) is 23.6. The molecule has 0 aromatic heterocycles. The van der Waals surface area contributed by atoms with E-state index >= 15 is 0 Å². The van der Waals surface area contributed by atoms with Crippen molar-refractivity contribution in [3.05, 3.63) is 35.4 Å². The third kappa shape index (κ3) is 6.69. The Morgan fingerprint density at radius 1 is 1.16 bits per heavy atom. The maximum Gasteiger partial charge on any atom is 0.418 e. The molecule has 0 radical (unpaired) electrons.